The summed E-state index contributed by atoms with van der Waals surface area (Å²) < 4.78 is 38.4. The van der Waals surface area contributed by atoms with E-state index < -0.39 is 5.82 Å². The number of ether oxygens (including phenoxy) is 3. The second-order valence-electron chi connectivity index (χ2n) is 11.3. The minimum atomic E-state index is -0.399. The Morgan fingerprint density at radius 3 is 2.54 bits per heavy atom. The molecule has 2 heterocycles. The van der Waals surface area contributed by atoms with Gasteiger partial charge in [-0.1, -0.05) is 48.0 Å². The fourth-order valence-electron chi connectivity index (χ4n) is 5.33. The van der Waals surface area contributed by atoms with E-state index in [1.165, 1.54) is 12.1 Å². The van der Waals surface area contributed by atoms with Crippen LogP contribution in [0, 0.1) is 5.82 Å². The van der Waals surface area contributed by atoms with Crippen LogP contribution >= 0.6 is 11.6 Å². The van der Waals surface area contributed by atoms with Gasteiger partial charge in [0.1, 0.15) is 47.3 Å². The van der Waals surface area contributed by atoms with Crippen LogP contribution in [-0.4, -0.2) is 72.8 Å². The number of likely N-dealkylation sites (N-methyl/N-ethyl adjacent to an activating group) is 1. The van der Waals surface area contributed by atoms with Gasteiger partial charge in [-0.15, -0.1) is 0 Å². The van der Waals surface area contributed by atoms with E-state index in [0.29, 0.717) is 46.4 Å². The first-order chi connectivity index (χ1) is 22.5. The average Bonchev–Trinajstić information content (AvgIpc) is 3.55. The molecule has 46 heavy (non-hydrogen) atoms. The summed E-state index contributed by atoms with van der Waals surface area (Å²) in [6.07, 6.45) is 1.58. The van der Waals surface area contributed by atoms with Gasteiger partial charge in [-0.2, -0.15) is 0 Å². The number of aromatic nitrogens is 2. The molecule has 1 fully saturated rings. The quantitative estimate of drug-likeness (QED) is 0.103. The van der Waals surface area contributed by atoms with Crippen molar-refractivity contribution in [3.05, 3.63) is 100 Å². The van der Waals surface area contributed by atoms with Crippen LogP contribution in [0.1, 0.15) is 27.9 Å². The van der Waals surface area contributed by atoms with Crippen molar-refractivity contribution in [2.45, 2.75) is 19.6 Å². The van der Waals surface area contributed by atoms with Crippen LogP contribution < -0.4 is 14.2 Å². The molecule has 1 saturated heterocycles. The van der Waals surface area contributed by atoms with E-state index >= 15 is 4.39 Å². The number of fused-ring (bicyclic) bond motifs is 1. The third kappa shape index (κ3) is 7.64. The van der Waals surface area contributed by atoms with Gasteiger partial charge in [0.15, 0.2) is 6.29 Å². The molecule has 5 aromatic rings. The molecular weight excluding hydrogens is 611 g/mol. The van der Waals surface area contributed by atoms with E-state index in [9.17, 15) is 4.79 Å². The molecule has 1 aliphatic rings. The number of nitrogens with zero attached hydrogens (tertiary/aromatic N) is 4. The largest absolute Gasteiger partial charge is 0.494 e. The van der Waals surface area contributed by atoms with E-state index in [2.05, 4.69) is 27.2 Å². The van der Waals surface area contributed by atoms with E-state index in [0.717, 1.165) is 44.7 Å². The molecule has 1 aliphatic heterocycles. The summed E-state index contributed by atoms with van der Waals surface area (Å²) >= 11 is 6.43. The smallest absolute Gasteiger partial charge is 0.153 e. The van der Waals surface area contributed by atoms with Crippen molar-refractivity contribution in [3.8, 4) is 28.4 Å². The number of hydrogen-bond donors (Lipinski definition) is 0. The highest BCUT2D eigenvalue weighted by Crippen LogP contribution is 2.34. The zero-order chi connectivity index (χ0) is 31.9. The second-order valence-corrected chi connectivity index (χ2v) is 11.7. The number of hydrogen-bond acceptors (Lipinski definition) is 9. The van der Waals surface area contributed by atoms with Gasteiger partial charge in [0, 0.05) is 49.9 Å². The van der Waals surface area contributed by atoms with Gasteiger partial charge in [0.25, 0.3) is 0 Å². The Morgan fingerprint density at radius 2 is 1.70 bits per heavy atom. The topological polar surface area (TPSA) is 90.2 Å². The molecule has 1 aromatic heterocycles. The number of benzene rings is 4. The minimum absolute atomic E-state index is 0.0857. The maximum absolute atomic E-state index is 15.8. The zero-order valence-corrected chi connectivity index (χ0v) is 26.2. The molecule has 4 aromatic carbocycles. The molecule has 6 rings (SSSR count). The predicted molar refractivity (Wildman–Crippen MR) is 173 cm³/mol. The molecule has 0 atom stereocenters. The van der Waals surface area contributed by atoms with Gasteiger partial charge in [-0.25, -0.2) is 9.02 Å². The Kier molecular flexibility index (Phi) is 10.1. The lowest BCUT2D eigenvalue weighted by molar-refractivity contribution is 0.111. The molecule has 0 amide bonds. The van der Waals surface area contributed by atoms with Crippen molar-refractivity contribution in [1.29, 1.82) is 0 Å². The molecule has 0 saturated carbocycles. The molecular formula is C35H34ClFN4O5. The Morgan fingerprint density at radius 1 is 0.891 bits per heavy atom. The lowest BCUT2D eigenvalue weighted by atomic mass is 10.0. The van der Waals surface area contributed by atoms with Crippen LogP contribution in [-0.2, 0) is 13.2 Å². The third-order valence-electron chi connectivity index (χ3n) is 7.99. The van der Waals surface area contributed by atoms with Crippen LogP contribution in [0.15, 0.2) is 77.4 Å². The molecule has 0 unspecified atom stereocenters. The number of carbonyl (C=O) groups excluding carboxylic acids is 1. The summed E-state index contributed by atoms with van der Waals surface area (Å²) in [4.78, 5) is 16.5. The van der Waals surface area contributed by atoms with Crippen molar-refractivity contribution in [1.82, 2.24) is 20.1 Å². The van der Waals surface area contributed by atoms with Crippen molar-refractivity contribution in [3.63, 3.8) is 0 Å². The Bertz CT molecular complexity index is 1810. The van der Waals surface area contributed by atoms with Crippen LogP contribution in [0.3, 0.4) is 0 Å². The number of aldehydes is 1. The van der Waals surface area contributed by atoms with E-state index in [1.807, 2.05) is 30.3 Å². The number of piperazine rings is 1. The van der Waals surface area contributed by atoms with E-state index in [-0.39, 0.29) is 35.3 Å². The van der Waals surface area contributed by atoms with Crippen molar-refractivity contribution in [2.24, 2.45) is 0 Å². The van der Waals surface area contributed by atoms with E-state index in [1.54, 1.807) is 30.3 Å². The fourth-order valence-corrected chi connectivity index (χ4v) is 5.56. The van der Waals surface area contributed by atoms with Crippen molar-refractivity contribution < 1.29 is 28.0 Å². The average molecular weight is 645 g/mol. The van der Waals surface area contributed by atoms with Crippen LogP contribution in [0.5, 0.6) is 17.2 Å². The van der Waals surface area contributed by atoms with E-state index in [4.69, 9.17) is 30.4 Å². The molecule has 0 N–H and O–H groups in total. The number of rotatable bonds is 13. The van der Waals surface area contributed by atoms with Crippen LogP contribution in [0.4, 0.5) is 4.39 Å². The first-order valence-corrected chi connectivity index (χ1v) is 15.5. The summed E-state index contributed by atoms with van der Waals surface area (Å²) in [5, 5.41) is 7.84. The maximum atomic E-state index is 15.8. The number of carbonyl (C=O) groups is 1. The molecule has 0 radical (unpaired) electrons. The lowest BCUT2D eigenvalue weighted by Crippen LogP contribution is -2.44. The van der Waals surface area contributed by atoms with Gasteiger partial charge in [0.05, 0.1) is 17.2 Å². The first-order valence-electron chi connectivity index (χ1n) is 15.1. The summed E-state index contributed by atoms with van der Waals surface area (Å²) in [5.74, 6) is 0.839. The highest BCUT2D eigenvalue weighted by atomic mass is 35.5. The van der Waals surface area contributed by atoms with Gasteiger partial charge in [-0.05, 0) is 65.2 Å². The molecule has 0 spiro atoms. The summed E-state index contributed by atoms with van der Waals surface area (Å²) in [6.45, 7) is 6.00. The second kappa shape index (κ2) is 14.7. The van der Waals surface area contributed by atoms with Crippen LogP contribution in [0.2, 0.25) is 5.02 Å². The monoisotopic (exact) mass is 644 g/mol. The Balaban J connectivity index is 1.09. The molecule has 9 nitrogen and oxygen atoms in total. The molecule has 238 valence electrons. The normalized spacial score (nSPS) is 14.0. The number of halogens is 2. The lowest BCUT2D eigenvalue weighted by Gasteiger charge is -2.32. The van der Waals surface area contributed by atoms with Crippen LogP contribution in [0.25, 0.3) is 22.2 Å². The third-order valence-corrected chi connectivity index (χ3v) is 8.29. The fraction of sp³-hybridized carbons (Fsp3) is 0.286. The summed E-state index contributed by atoms with van der Waals surface area (Å²) in [6, 6.07) is 21.0. The standard InChI is InChI=1S/C35H34ClFN4O5/c1-40-12-14-41(15-13-40)11-4-16-43-28-7-2-5-25(18-28)29-8-3-6-26(35(29)37)23-45-34-20-33(27(21-42)19-30(34)36)44-22-24-9-10-31-32(17-24)39-46-38-31/h2-3,5-10,17-21H,4,11-16,22-23H2,1H3. The van der Waals surface area contributed by atoms with Gasteiger partial charge in [-0.3, -0.25) is 4.79 Å². The highest BCUT2D eigenvalue weighted by Gasteiger charge is 2.16. The summed E-state index contributed by atoms with van der Waals surface area (Å²) in [7, 11) is 2.15. The first kappa shape index (κ1) is 31.5. The highest BCUT2D eigenvalue weighted by molar-refractivity contribution is 6.32. The molecule has 0 aliphatic carbocycles. The summed E-state index contributed by atoms with van der Waals surface area (Å²) in [5.41, 5.74) is 3.78. The van der Waals surface area contributed by atoms with Crippen molar-refractivity contribution >= 4 is 28.9 Å². The molecule has 0 bridgehead atoms. The Hall–Kier alpha value is -4.51. The zero-order valence-electron chi connectivity index (χ0n) is 25.5. The van der Waals surface area contributed by atoms with Gasteiger partial charge in [0.2, 0.25) is 0 Å². The van der Waals surface area contributed by atoms with Gasteiger partial charge < -0.3 is 24.0 Å². The maximum Gasteiger partial charge on any atom is 0.153 e. The SMILES string of the molecule is CN1CCN(CCCOc2cccc(-c3cccc(COc4cc(OCc5ccc6nonc6c5)c(C=O)cc4Cl)c3F)c2)CC1. The molecule has 11 heteroatoms. The van der Waals surface area contributed by atoms with Gasteiger partial charge >= 0.3 is 0 Å². The Labute approximate surface area is 271 Å². The van der Waals surface area contributed by atoms with Crippen molar-refractivity contribution in [2.75, 3.05) is 46.4 Å². The minimum Gasteiger partial charge on any atom is -0.494 e. The predicted octanol–water partition coefficient (Wildman–Crippen LogP) is 6.67.